The van der Waals surface area contributed by atoms with Crippen LogP contribution >= 0.6 is 0 Å². The van der Waals surface area contributed by atoms with Gasteiger partial charge in [-0.15, -0.1) is 0 Å². The predicted molar refractivity (Wildman–Crippen MR) is 333 cm³/mol. The third-order valence-electron chi connectivity index (χ3n) is 15.9. The summed E-state index contributed by atoms with van der Waals surface area (Å²) in [4.78, 5) is 12.6. The molecule has 0 fully saturated rings. The predicted octanol–water partition coefficient (Wildman–Crippen LogP) is 21.9. The molecule has 0 heterocycles. The molecule has 1 amide bonds. The third-order valence-corrected chi connectivity index (χ3v) is 15.9. The first kappa shape index (κ1) is 73.3. The molecule has 0 aromatic rings. The Morgan fingerprint density at radius 1 is 0.333 bits per heavy atom. The summed E-state index contributed by atoms with van der Waals surface area (Å²) in [6.07, 6.45) is 88.2. The lowest BCUT2D eigenvalue weighted by Crippen LogP contribution is -2.48. The summed E-state index contributed by atoms with van der Waals surface area (Å²) in [5.41, 5.74) is 0. The highest BCUT2D eigenvalue weighted by atomic mass is 16.3. The van der Waals surface area contributed by atoms with E-state index in [1.807, 2.05) is 6.08 Å². The zero-order valence-corrected chi connectivity index (χ0v) is 50.7. The minimum absolute atomic E-state index is 0.375. The number of unbranched alkanes of at least 4 members (excludes halogenated alkanes) is 49. The molecule has 0 spiro atoms. The first-order valence-corrected chi connectivity index (χ1v) is 34.0. The molecule has 0 rings (SSSR count). The first-order chi connectivity index (χ1) is 37.1. The van der Waals surface area contributed by atoms with Crippen molar-refractivity contribution >= 4 is 5.91 Å². The number of carbonyl (C=O) groups is 1. The number of hydrogen-bond donors (Lipinski definition) is 4. The van der Waals surface area contributed by atoms with Crippen molar-refractivity contribution in [1.29, 1.82) is 0 Å². The van der Waals surface area contributed by atoms with E-state index in [-0.39, 0.29) is 6.61 Å². The van der Waals surface area contributed by atoms with E-state index in [1.165, 1.54) is 302 Å². The van der Waals surface area contributed by atoms with Gasteiger partial charge in [0.05, 0.1) is 18.8 Å². The van der Waals surface area contributed by atoms with Crippen molar-refractivity contribution in [3.05, 3.63) is 48.6 Å². The molecule has 0 radical (unpaired) electrons. The van der Waals surface area contributed by atoms with E-state index < -0.39 is 24.2 Å². The lowest BCUT2D eigenvalue weighted by Gasteiger charge is -2.21. The second-order valence-corrected chi connectivity index (χ2v) is 23.4. The Morgan fingerprint density at radius 2 is 0.587 bits per heavy atom. The highest BCUT2D eigenvalue weighted by Crippen LogP contribution is 2.18. The van der Waals surface area contributed by atoms with Gasteiger partial charge in [-0.2, -0.15) is 0 Å². The number of rotatable bonds is 63. The van der Waals surface area contributed by atoms with Crippen LogP contribution in [0.25, 0.3) is 0 Å². The van der Waals surface area contributed by atoms with E-state index in [1.54, 1.807) is 6.08 Å². The zero-order valence-electron chi connectivity index (χ0n) is 50.7. The SMILES string of the molecule is CCCCCCCCCCCCCCCCC/C=C\C/C=C\CCCCCCCCCCCCCCCCCCC(O)C(=O)NC(CO)C(O)/C=C/CC/C=C/CCCCCCCCCCCCCCCCCCC. The molecular formula is C70H133NO4. The summed E-state index contributed by atoms with van der Waals surface area (Å²) in [6, 6.07) is -0.817. The second kappa shape index (κ2) is 64.8. The Hall–Kier alpha value is -1.69. The molecule has 4 N–H and O–H groups in total. The molecule has 0 aliphatic heterocycles. The minimum Gasteiger partial charge on any atom is -0.394 e. The van der Waals surface area contributed by atoms with Gasteiger partial charge >= 0.3 is 0 Å². The summed E-state index contributed by atoms with van der Waals surface area (Å²) < 4.78 is 0. The number of hydrogen-bond acceptors (Lipinski definition) is 4. The fraction of sp³-hybridized carbons (Fsp3) is 0.871. The van der Waals surface area contributed by atoms with Crippen molar-refractivity contribution < 1.29 is 20.1 Å². The van der Waals surface area contributed by atoms with Gasteiger partial charge in [-0.3, -0.25) is 4.79 Å². The quantitative estimate of drug-likeness (QED) is 0.0361. The van der Waals surface area contributed by atoms with Crippen molar-refractivity contribution in [3.8, 4) is 0 Å². The summed E-state index contributed by atoms with van der Waals surface area (Å²) in [7, 11) is 0. The summed E-state index contributed by atoms with van der Waals surface area (Å²) in [6.45, 7) is 4.22. The van der Waals surface area contributed by atoms with Crippen LogP contribution in [-0.4, -0.2) is 46.1 Å². The van der Waals surface area contributed by atoms with Crippen LogP contribution in [0.15, 0.2) is 48.6 Å². The van der Waals surface area contributed by atoms with Crippen LogP contribution in [0.5, 0.6) is 0 Å². The Balaban J connectivity index is 3.52. The molecule has 0 aromatic carbocycles. The van der Waals surface area contributed by atoms with E-state index in [0.29, 0.717) is 6.42 Å². The molecule has 0 aliphatic rings. The second-order valence-electron chi connectivity index (χ2n) is 23.4. The number of aliphatic hydroxyl groups excluding tert-OH is 3. The number of aliphatic hydroxyl groups is 3. The molecule has 0 aromatic heterocycles. The van der Waals surface area contributed by atoms with Gasteiger partial charge in [-0.05, 0) is 64.2 Å². The highest BCUT2D eigenvalue weighted by molar-refractivity contribution is 5.80. The molecule has 5 nitrogen and oxygen atoms in total. The molecule has 0 saturated heterocycles. The van der Waals surface area contributed by atoms with Gasteiger partial charge in [0, 0.05) is 0 Å². The van der Waals surface area contributed by atoms with Gasteiger partial charge in [0.25, 0.3) is 0 Å². The van der Waals surface area contributed by atoms with Crippen LogP contribution in [0.2, 0.25) is 0 Å². The topological polar surface area (TPSA) is 89.8 Å². The smallest absolute Gasteiger partial charge is 0.249 e. The maximum absolute atomic E-state index is 12.6. The summed E-state index contributed by atoms with van der Waals surface area (Å²) in [5.74, 6) is -0.508. The Bertz CT molecular complexity index is 1210. The zero-order chi connectivity index (χ0) is 54.3. The molecule has 0 aliphatic carbocycles. The van der Waals surface area contributed by atoms with Gasteiger partial charge in [0.2, 0.25) is 5.91 Å². The number of carbonyl (C=O) groups excluding carboxylic acids is 1. The maximum Gasteiger partial charge on any atom is 0.249 e. The standard InChI is InChI=1S/C70H133NO4/c1-3-5-7-9-11-13-15-17-19-21-23-25-27-28-29-30-31-32-33-34-35-36-37-38-39-40-41-43-45-47-49-51-53-55-57-59-61-63-65-69(74)70(75)71-67(66-72)68(73)64-62-60-58-56-54-52-50-48-46-44-42-26-24-22-20-18-16-14-12-10-8-6-4-2/h31-32,34-35,54,56,62,64,67-69,72-74H,3-30,33,36-53,55,57-61,63,65-66H2,1-2H3,(H,71,75)/b32-31-,35-34-,56-54+,64-62+. The molecule has 0 bridgehead atoms. The van der Waals surface area contributed by atoms with Crippen LogP contribution in [0.1, 0.15) is 367 Å². The van der Waals surface area contributed by atoms with E-state index in [9.17, 15) is 20.1 Å². The average Bonchev–Trinajstić information content (AvgIpc) is 3.41. The van der Waals surface area contributed by atoms with E-state index in [4.69, 9.17) is 0 Å². The van der Waals surface area contributed by atoms with Crippen LogP contribution in [-0.2, 0) is 4.79 Å². The Kier molecular flexibility index (Phi) is 63.4. The number of nitrogens with one attached hydrogen (secondary N) is 1. The molecule has 5 heteroatoms. The normalized spacial score (nSPS) is 13.4. The van der Waals surface area contributed by atoms with Crippen molar-refractivity contribution in [3.63, 3.8) is 0 Å². The monoisotopic (exact) mass is 1050 g/mol. The lowest BCUT2D eigenvalue weighted by atomic mass is 10.0. The average molecular weight is 1050 g/mol. The fourth-order valence-corrected chi connectivity index (χ4v) is 10.6. The fourth-order valence-electron chi connectivity index (χ4n) is 10.6. The van der Waals surface area contributed by atoms with Crippen molar-refractivity contribution in [1.82, 2.24) is 5.32 Å². The lowest BCUT2D eigenvalue weighted by molar-refractivity contribution is -0.131. The number of allylic oxidation sites excluding steroid dienone is 7. The molecule has 442 valence electrons. The van der Waals surface area contributed by atoms with Gasteiger partial charge in [-0.1, -0.05) is 351 Å². The molecular weight excluding hydrogens is 919 g/mol. The van der Waals surface area contributed by atoms with Gasteiger partial charge in [0.15, 0.2) is 0 Å². The summed E-state index contributed by atoms with van der Waals surface area (Å²) >= 11 is 0. The van der Waals surface area contributed by atoms with E-state index in [0.717, 1.165) is 44.9 Å². The minimum atomic E-state index is -1.11. The molecule has 75 heavy (non-hydrogen) atoms. The van der Waals surface area contributed by atoms with Crippen molar-refractivity contribution in [2.75, 3.05) is 6.61 Å². The van der Waals surface area contributed by atoms with E-state index >= 15 is 0 Å². The van der Waals surface area contributed by atoms with Crippen molar-refractivity contribution in [2.45, 2.75) is 385 Å². The Labute approximate surface area is 469 Å². The summed E-state index contributed by atoms with van der Waals surface area (Å²) in [5, 5.41) is 33.5. The number of amides is 1. The third kappa shape index (κ3) is 59.8. The van der Waals surface area contributed by atoms with Crippen molar-refractivity contribution in [2.24, 2.45) is 0 Å². The van der Waals surface area contributed by atoms with Gasteiger partial charge < -0.3 is 20.6 Å². The largest absolute Gasteiger partial charge is 0.394 e. The first-order valence-electron chi connectivity index (χ1n) is 34.0. The molecule has 0 saturated carbocycles. The van der Waals surface area contributed by atoms with Crippen LogP contribution in [0.4, 0.5) is 0 Å². The maximum atomic E-state index is 12.6. The Morgan fingerprint density at radius 3 is 0.893 bits per heavy atom. The molecule has 3 atom stereocenters. The van der Waals surface area contributed by atoms with Gasteiger partial charge in [-0.25, -0.2) is 0 Å². The van der Waals surface area contributed by atoms with Gasteiger partial charge in [0.1, 0.15) is 6.10 Å². The van der Waals surface area contributed by atoms with E-state index in [2.05, 4.69) is 55.6 Å². The highest BCUT2D eigenvalue weighted by Gasteiger charge is 2.22. The van der Waals surface area contributed by atoms with Crippen LogP contribution in [0.3, 0.4) is 0 Å². The van der Waals surface area contributed by atoms with Crippen LogP contribution in [0, 0.1) is 0 Å². The van der Waals surface area contributed by atoms with Crippen LogP contribution < -0.4 is 5.32 Å². The molecule has 3 unspecified atom stereocenters.